The van der Waals surface area contributed by atoms with Crippen LogP contribution in [0.5, 0.6) is 11.5 Å². The molecule has 0 spiro atoms. The maximum Gasteiger partial charge on any atom is 0.247 e. The van der Waals surface area contributed by atoms with Crippen molar-refractivity contribution in [2.24, 2.45) is 0 Å². The van der Waals surface area contributed by atoms with Crippen molar-refractivity contribution < 1.29 is 23.5 Å². The summed E-state index contributed by atoms with van der Waals surface area (Å²) >= 11 is 1.43. The smallest absolute Gasteiger partial charge is 0.247 e. The molecule has 2 aliphatic heterocycles. The molecule has 0 radical (unpaired) electrons. The second-order valence-corrected chi connectivity index (χ2v) is 8.15. The SMILES string of the molecule is O=C(Nc1ccc2c(c1)OCCCO2)C1CSC(Cc2ccc(F)cc2)C(=O)N1. The third-order valence-electron chi connectivity index (χ3n) is 4.74. The lowest BCUT2D eigenvalue weighted by atomic mass is 10.1. The summed E-state index contributed by atoms with van der Waals surface area (Å²) in [7, 11) is 0. The average Bonchev–Trinajstić information content (AvgIpc) is 2.96. The van der Waals surface area contributed by atoms with Crippen LogP contribution < -0.4 is 20.1 Å². The van der Waals surface area contributed by atoms with Gasteiger partial charge in [0, 0.05) is 23.9 Å². The van der Waals surface area contributed by atoms with Crippen molar-refractivity contribution in [2.45, 2.75) is 24.1 Å². The van der Waals surface area contributed by atoms with Crippen molar-refractivity contribution in [3.63, 3.8) is 0 Å². The number of amides is 2. The van der Waals surface area contributed by atoms with Crippen molar-refractivity contribution in [1.82, 2.24) is 5.32 Å². The van der Waals surface area contributed by atoms with E-state index in [0.29, 0.717) is 42.6 Å². The quantitative estimate of drug-likeness (QED) is 0.802. The van der Waals surface area contributed by atoms with E-state index in [0.717, 1.165) is 12.0 Å². The topological polar surface area (TPSA) is 76.7 Å². The maximum absolute atomic E-state index is 13.0. The molecule has 2 heterocycles. The molecule has 2 aromatic rings. The first kappa shape index (κ1) is 19.6. The second-order valence-electron chi connectivity index (χ2n) is 6.91. The number of rotatable bonds is 4. The van der Waals surface area contributed by atoms with Crippen LogP contribution in [-0.4, -0.2) is 42.1 Å². The Hall–Kier alpha value is -2.74. The second kappa shape index (κ2) is 8.73. The number of carbonyl (C=O) groups excluding carboxylic acids is 2. The molecule has 0 saturated carbocycles. The van der Waals surface area contributed by atoms with Crippen molar-refractivity contribution in [2.75, 3.05) is 24.3 Å². The molecular weight excluding hydrogens is 395 g/mol. The fraction of sp³-hybridized carbons (Fsp3) is 0.333. The number of ether oxygens (including phenoxy) is 2. The molecule has 1 fully saturated rings. The highest BCUT2D eigenvalue weighted by Crippen LogP contribution is 2.32. The fourth-order valence-corrected chi connectivity index (χ4v) is 4.38. The van der Waals surface area contributed by atoms with Gasteiger partial charge in [0.1, 0.15) is 11.9 Å². The fourth-order valence-electron chi connectivity index (χ4n) is 3.19. The van der Waals surface area contributed by atoms with E-state index < -0.39 is 6.04 Å². The van der Waals surface area contributed by atoms with E-state index in [1.54, 1.807) is 30.3 Å². The monoisotopic (exact) mass is 416 g/mol. The molecule has 2 aliphatic rings. The van der Waals surface area contributed by atoms with Crippen molar-refractivity contribution in [1.29, 1.82) is 0 Å². The molecule has 1 saturated heterocycles. The van der Waals surface area contributed by atoms with Gasteiger partial charge < -0.3 is 20.1 Å². The molecule has 0 bridgehead atoms. The summed E-state index contributed by atoms with van der Waals surface area (Å²) in [6.07, 6.45) is 1.30. The molecule has 4 rings (SSSR count). The first-order valence-corrected chi connectivity index (χ1v) is 10.5. The number of halogens is 1. The van der Waals surface area contributed by atoms with Crippen LogP contribution in [-0.2, 0) is 16.0 Å². The maximum atomic E-state index is 13.0. The molecule has 2 atom stereocenters. The van der Waals surface area contributed by atoms with Crippen LogP contribution in [0.15, 0.2) is 42.5 Å². The van der Waals surface area contributed by atoms with Gasteiger partial charge >= 0.3 is 0 Å². The van der Waals surface area contributed by atoms with E-state index in [1.807, 2.05) is 0 Å². The van der Waals surface area contributed by atoms with Crippen LogP contribution in [0.3, 0.4) is 0 Å². The van der Waals surface area contributed by atoms with Gasteiger partial charge in [-0.3, -0.25) is 9.59 Å². The van der Waals surface area contributed by atoms with Gasteiger partial charge in [-0.05, 0) is 36.2 Å². The van der Waals surface area contributed by atoms with Gasteiger partial charge in [-0.15, -0.1) is 11.8 Å². The van der Waals surface area contributed by atoms with E-state index >= 15 is 0 Å². The molecule has 2 N–H and O–H groups in total. The lowest BCUT2D eigenvalue weighted by Gasteiger charge is -2.28. The van der Waals surface area contributed by atoms with E-state index in [2.05, 4.69) is 10.6 Å². The Morgan fingerprint density at radius 2 is 1.90 bits per heavy atom. The summed E-state index contributed by atoms with van der Waals surface area (Å²) in [5, 5.41) is 5.31. The molecule has 2 amide bonds. The number of hydrogen-bond acceptors (Lipinski definition) is 5. The molecule has 2 unspecified atom stereocenters. The highest BCUT2D eigenvalue weighted by molar-refractivity contribution is 8.00. The Kier molecular flexibility index (Phi) is 5.89. The number of anilines is 1. The van der Waals surface area contributed by atoms with Gasteiger partial charge in [-0.1, -0.05) is 12.1 Å². The van der Waals surface area contributed by atoms with E-state index in [-0.39, 0.29) is 22.9 Å². The molecule has 29 heavy (non-hydrogen) atoms. The van der Waals surface area contributed by atoms with Crippen molar-refractivity contribution in [3.05, 3.63) is 53.8 Å². The summed E-state index contributed by atoms with van der Waals surface area (Å²) in [6.45, 7) is 1.16. The first-order valence-electron chi connectivity index (χ1n) is 9.45. The van der Waals surface area contributed by atoms with Gasteiger partial charge in [-0.25, -0.2) is 4.39 Å². The van der Waals surface area contributed by atoms with Gasteiger partial charge in [0.15, 0.2) is 11.5 Å². The minimum Gasteiger partial charge on any atom is -0.490 e. The Morgan fingerprint density at radius 1 is 1.14 bits per heavy atom. The Balaban J connectivity index is 1.34. The van der Waals surface area contributed by atoms with Gasteiger partial charge in [-0.2, -0.15) is 0 Å². The Labute approximate surface area is 172 Å². The van der Waals surface area contributed by atoms with Crippen LogP contribution in [0, 0.1) is 5.82 Å². The molecule has 8 heteroatoms. The lowest BCUT2D eigenvalue weighted by molar-refractivity contribution is -0.126. The molecule has 0 aliphatic carbocycles. The minimum absolute atomic E-state index is 0.190. The number of thioether (sulfide) groups is 1. The average molecular weight is 416 g/mol. The largest absolute Gasteiger partial charge is 0.490 e. The van der Waals surface area contributed by atoms with E-state index in [4.69, 9.17) is 9.47 Å². The lowest BCUT2D eigenvalue weighted by Crippen LogP contribution is -2.52. The number of benzene rings is 2. The van der Waals surface area contributed by atoms with Crippen molar-refractivity contribution in [3.8, 4) is 11.5 Å². The molecule has 0 aromatic heterocycles. The van der Waals surface area contributed by atoms with Crippen LogP contribution in [0.2, 0.25) is 0 Å². The summed E-state index contributed by atoms with van der Waals surface area (Å²) in [5.74, 6) is 0.951. The van der Waals surface area contributed by atoms with Crippen LogP contribution in [0.25, 0.3) is 0 Å². The third kappa shape index (κ3) is 4.82. The molecular formula is C21H21FN2O4S. The summed E-state index contributed by atoms with van der Waals surface area (Å²) < 4.78 is 24.3. The van der Waals surface area contributed by atoms with Gasteiger partial charge in [0.05, 0.1) is 18.5 Å². The molecule has 2 aromatic carbocycles. The predicted octanol–water partition coefficient (Wildman–Crippen LogP) is 2.77. The summed E-state index contributed by atoms with van der Waals surface area (Å²) in [4.78, 5) is 25.0. The predicted molar refractivity (Wildman–Crippen MR) is 109 cm³/mol. The number of fused-ring (bicyclic) bond motifs is 1. The Morgan fingerprint density at radius 3 is 2.66 bits per heavy atom. The molecule has 152 valence electrons. The van der Waals surface area contributed by atoms with Crippen LogP contribution >= 0.6 is 11.8 Å². The third-order valence-corrected chi connectivity index (χ3v) is 6.05. The number of hydrogen-bond donors (Lipinski definition) is 2. The van der Waals surface area contributed by atoms with E-state index in [9.17, 15) is 14.0 Å². The van der Waals surface area contributed by atoms with E-state index in [1.165, 1.54) is 23.9 Å². The summed E-state index contributed by atoms with van der Waals surface area (Å²) in [5.41, 5.74) is 1.47. The number of nitrogens with one attached hydrogen (secondary N) is 2. The van der Waals surface area contributed by atoms with Gasteiger partial charge in [0.2, 0.25) is 11.8 Å². The zero-order valence-corrected chi connectivity index (χ0v) is 16.5. The van der Waals surface area contributed by atoms with Gasteiger partial charge in [0.25, 0.3) is 0 Å². The summed E-state index contributed by atoms with van der Waals surface area (Å²) in [6, 6.07) is 10.7. The minimum atomic E-state index is -0.618. The highest BCUT2D eigenvalue weighted by atomic mass is 32.2. The highest BCUT2D eigenvalue weighted by Gasteiger charge is 2.32. The molecule has 6 nitrogen and oxygen atoms in total. The first-order chi connectivity index (χ1) is 14.1. The zero-order valence-electron chi connectivity index (χ0n) is 15.7. The normalized spacial score (nSPS) is 21.1. The zero-order chi connectivity index (χ0) is 20.2. The van der Waals surface area contributed by atoms with Crippen molar-refractivity contribution >= 4 is 29.3 Å². The van der Waals surface area contributed by atoms with Crippen LogP contribution in [0.4, 0.5) is 10.1 Å². The standard InChI is InChI=1S/C21H21FN2O4S/c22-14-4-2-13(3-5-14)10-19-21(26)24-16(12-29-19)20(25)23-15-6-7-17-18(11-15)28-9-1-8-27-17/h2-7,11,16,19H,1,8-10,12H2,(H,23,25)(H,24,26). The van der Waals surface area contributed by atoms with Crippen LogP contribution in [0.1, 0.15) is 12.0 Å². The number of carbonyl (C=O) groups is 2. The Bertz CT molecular complexity index is 906.